The number of halogens is 7. The van der Waals surface area contributed by atoms with Gasteiger partial charge in [0.05, 0.1) is 36.4 Å². The van der Waals surface area contributed by atoms with Crippen LogP contribution in [0.5, 0.6) is 0 Å². The molecule has 0 spiro atoms. The number of aromatic nitrogens is 3. The molecule has 0 aliphatic rings. The van der Waals surface area contributed by atoms with E-state index < -0.39 is 69.7 Å². The number of thiophene rings is 1. The summed E-state index contributed by atoms with van der Waals surface area (Å²) in [6.07, 6.45) is -8.90. The summed E-state index contributed by atoms with van der Waals surface area (Å²) >= 11 is 6.67. The van der Waals surface area contributed by atoms with E-state index in [1.165, 1.54) is 0 Å². The molecule has 3 heterocycles. The number of anilines is 1. The quantitative estimate of drug-likeness (QED) is 0.227. The number of rotatable bonds is 9. The van der Waals surface area contributed by atoms with Gasteiger partial charge in [-0.1, -0.05) is 23.7 Å². The van der Waals surface area contributed by atoms with E-state index in [1.54, 1.807) is 0 Å². The van der Waals surface area contributed by atoms with Crippen LogP contribution in [0.15, 0.2) is 46.8 Å². The number of amides is 1. The lowest BCUT2D eigenvalue weighted by Gasteiger charge is -2.18. The van der Waals surface area contributed by atoms with Crippen molar-refractivity contribution in [2.75, 3.05) is 31.6 Å². The highest BCUT2D eigenvalue weighted by Crippen LogP contribution is 2.38. The highest BCUT2D eigenvalue weighted by Gasteiger charge is 2.36. The summed E-state index contributed by atoms with van der Waals surface area (Å²) in [5.74, 6) is -1.07. The van der Waals surface area contributed by atoms with Gasteiger partial charge < -0.3 is 15.5 Å². The zero-order valence-corrected chi connectivity index (χ0v) is 23.1. The van der Waals surface area contributed by atoms with Gasteiger partial charge in [0, 0.05) is 18.7 Å². The number of nitrogens with zero attached hydrogens (tertiary/aromatic N) is 4. The minimum Gasteiger partial charge on any atom is -0.395 e. The van der Waals surface area contributed by atoms with Crippen LogP contribution in [0, 0.1) is 0 Å². The van der Waals surface area contributed by atoms with Crippen molar-refractivity contribution in [3.05, 3.63) is 63.8 Å². The summed E-state index contributed by atoms with van der Waals surface area (Å²) in [5.41, 5.74) is -4.18. The Morgan fingerprint density at radius 1 is 1.02 bits per heavy atom. The Morgan fingerprint density at radius 3 is 2.19 bits per heavy atom. The van der Waals surface area contributed by atoms with Gasteiger partial charge in [0.2, 0.25) is 0 Å². The minimum absolute atomic E-state index is 0.102. The predicted molar refractivity (Wildman–Crippen MR) is 139 cm³/mol. The molecule has 3 aromatic heterocycles. The smallest absolute Gasteiger partial charge is 0.395 e. The van der Waals surface area contributed by atoms with Crippen LogP contribution in [-0.2, 0) is 22.4 Å². The zero-order valence-electron chi connectivity index (χ0n) is 20.7. The first kappa shape index (κ1) is 31.6. The third kappa shape index (κ3) is 6.37. The molecule has 0 fully saturated rings. The molecule has 0 saturated carbocycles. The average molecular weight is 658 g/mol. The van der Waals surface area contributed by atoms with Gasteiger partial charge in [-0.3, -0.25) is 4.79 Å². The molecule has 0 saturated heterocycles. The Balaban J connectivity index is 1.73. The molecule has 4 aromatic rings. The van der Waals surface area contributed by atoms with E-state index in [0.29, 0.717) is 34.1 Å². The molecule has 0 bridgehead atoms. The van der Waals surface area contributed by atoms with Crippen molar-refractivity contribution in [1.29, 1.82) is 0 Å². The Labute approximate surface area is 241 Å². The Hall–Kier alpha value is -3.29. The molecule has 0 unspecified atom stereocenters. The molecule has 10 nitrogen and oxygen atoms in total. The second-order valence-electron chi connectivity index (χ2n) is 8.45. The average Bonchev–Trinajstić information content (AvgIpc) is 3.50. The molecule has 0 atom stereocenters. The van der Waals surface area contributed by atoms with E-state index in [1.807, 2.05) is 0 Å². The number of aliphatic hydroxyl groups is 2. The summed E-state index contributed by atoms with van der Waals surface area (Å²) in [7, 11) is -4.25. The summed E-state index contributed by atoms with van der Waals surface area (Å²) < 4.78 is 107. The van der Waals surface area contributed by atoms with Gasteiger partial charge in [0.25, 0.3) is 15.9 Å². The number of hydrogen-bond donors (Lipinski definition) is 3. The largest absolute Gasteiger partial charge is 0.433 e. The van der Waals surface area contributed by atoms with Crippen molar-refractivity contribution in [2.24, 2.45) is 0 Å². The third-order valence-corrected chi connectivity index (χ3v) is 9.43. The van der Waals surface area contributed by atoms with Crippen molar-refractivity contribution in [2.45, 2.75) is 16.6 Å². The van der Waals surface area contributed by atoms with Crippen molar-refractivity contribution in [1.82, 2.24) is 18.9 Å². The van der Waals surface area contributed by atoms with Crippen LogP contribution in [0.1, 0.15) is 21.6 Å². The van der Waals surface area contributed by atoms with Crippen LogP contribution >= 0.6 is 22.9 Å². The summed E-state index contributed by atoms with van der Waals surface area (Å²) in [4.78, 5) is 17.2. The molecule has 1 aromatic carbocycles. The molecule has 226 valence electrons. The fourth-order valence-corrected chi connectivity index (χ4v) is 6.97. The lowest BCUT2D eigenvalue weighted by Crippen LogP contribution is -2.35. The summed E-state index contributed by atoms with van der Waals surface area (Å²) in [6, 6.07) is 4.78. The molecule has 0 aliphatic carbocycles. The predicted octanol–water partition coefficient (Wildman–Crippen LogP) is 4.38. The van der Waals surface area contributed by atoms with Gasteiger partial charge in [-0.05, 0) is 24.3 Å². The number of carbonyl (C=O) groups excluding carboxylic acids is 1. The number of hydrogen-bond acceptors (Lipinski definition) is 8. The van der Waals surface area contributed by atoms with E-state index in [4.69, 9.17) is 21.8 Å². The molecule has 1 amide bonds. The Morgan fingerprint density at radius 2 is 1.64 bits per heavy atom. The van der Waals surface area contributed by atoms with Crippen molar-refractivity contribution in [3.63, 3.8) is 0 Å². The van der Waals surface area contributed by atoms with E-state index in [2.05, 4.69) is 15.4 Å². The molecule has 0 radical (unpaired) electrons. The number of benzene rings is 1. The second kappa shape index (κ2) is 11.8. The molecular formula is C23H18ClF6N5O5S2. The van der Waals surface area contributed by atoms with Crippen LogP contribution in [-0.4, -0.2) is 69.7 Å². The van der Waals surface area contributed by atoms with Gasteiger partial charge in [-0.2, -0.15) is 35.7 Å². The first-order valence-corrected chi connectivity index (χ1v) is 14.2. The summed E-state index contributed by atoms with van der Waals surface area (Å²) in [6.45, 7) is -1.76. The number of sulfonamides is 1. The normalized spacial score (nSPS) is 12.8. The third-order valence-electron chi connectivity index (χ3n) is 5.72. The molecule has 19 heteroatoms. The van der Waals surface area contributed by atoms with Crippen molar-refractivity contribution in [3.8, 4) is 11.3 Å². The maximum absolute atomic E-state index is 13.9. The van der Waals surface area contributed by atoms with Crippen molar-refractivity contribution < 1.29 is 49.8 Å². The minimum atomic E-state index is -5.00. The summed E-state index contributed by atoms with van der Waals surface area (Å²) in [5, 5.41) is 24.2. The first-order chi connectivity index (χ1) is 19.6. The Bertz CT molecular complexity index is 1720. The van der Waals surface area contributed by atoms with Crippen LogP contribution in [0.25, 0.3) is 16.9 Å². The van der Waals surface area contributed by atoms with E-state index in [-0.39, 0.29) is 32.9 Å². The Kier molecular flexibility index (Phi) is 8.87. The molecule has 42 heavy (non-hydrogen) atoms. The maximum Gasteiger partial charge on any atom is 0.433 e. The molecule has 0 aliphatic heterocycles. The van der Waals surface area contributed by atoms with Crippen LogP contribution in [0.4, 0.5) is 32.0 Å². The second-order valence-corrected chi connectivity index (χ2v) is 12.3. The number of nitrogens with one attached hydrogen (secondary N) is 1. The highest BCUT2D eigenvalue weighted by atomic mass is 35.5. The van der Waals surface area contributed by atoms with Crippen LogP contribution < -0.4 is 5.32 Å². The lowest BCUT2D eigenvalue weighted by atomic mass is 10.1. The van der Waals surface area contributed by atoms with Gasteiger partial charge in [-0.15, -0.1) is 11.3 Å². The maximum atomic E-state index is 13.9. The van der Waals surface area contributed by atoms with E-state index in [0.717, 1.165) is 28.7 Å². The van der Waals surface area contributed by atoms with Crippen molar-refractivity contribution >= 4 is 50.2 Å². The van der Waals surface area contributed by atoms with Gasteiger partial charge in [-0.25, -0.2) is 17.9 Å². The van der Waals surface area contributed by atoms with Gasteiger partial charge in [0.15, 0.2) is 11.3 Å². The number of aliphatic hydroxyl groups excluding tert-OH is 2. The highest BCUT2D eigenvalue weighted by molar-refractivity contribution is 7.91. The SMILES string of the molecule is O=C(Nc1cc(S(=O)(=O)N(CCO)CCO)sc1Cl)c1cnn2c(C(F)(F)F)cc(-c3ccc(C(F)(F)F)cc3)nc12. The molecule has 4 rings (SSSR count). The molecular weight excluding hydrogens is 640 g/mol. The van der Waals surface area contributed by atoms with E-state index in [9.17, 15) is 39.6 Å². The lowest BCUT2D eigenvalue weighted by molar-refractivity contribution is -0.142. The standard InChI is InChI=1S/C23H18ClF6N5O5S2/c24-19-16(10-18(41-19)42(39,40)34(5-7-36)6-8-37)33-21(38)14-11-31-35-17(23(28,29)30)9-15(32-20(14)35)12-1-3-13(4-2-12)22(25,26)27/h1-4,9-11,36-37H,5-8H2,(H,33,38). The monoisotopic (exact) mass is 657 g/mol. The zero-order chi connectivity index (χ0) is 31.0. The van der Waals surface area contributed by atoms with Crippen LogP contribution in [0.3, 0.4) is 0 Å². The fraction of sp³-hybridized carbons (Fsp3) is 0.261. The fourth-order valence-electron chi connectivity index (χ4n) is 3.75. The molecule has 3 N–H and O–H groups in total. The topological polar surface area (TPSA) is 137 Å². The number of alkyl halides is 6. The first-order valence-electron chi connectivity index (χ1n) is 11.5. The van der Waals surface area contributed by atoms with Gasteiger partial charge in [0.1, 0.15) is 14.1 Å². The number of carbonyl (C=O) groups is 1. The van der Waals surface area contributed by atoms with Gasteiger partial charge >= 0.3 is 12.4 Å². The van der Waals surface area contributed by atoms with E-state index >= 15 is 0 Å². The number of fused-ring (bicyclic) bond motifs is 1. The van der Waals surface area contributed by atoms with Crippen LogP contribution in [0.2, 0.25) is 4.34 Å².